The summed E-state index contributed by atoms with van der Waals surface area (Å²) in [5, 5.41) is 0. The molecule has 0 atom stereocenters. The van der Waals surface area contributed by atoms with Crippen LogP contribution in [0, 0.1) is 0 Å². The standard InChI is InChI=1S/C13H24O3/c1-12(14)8-5-3-4-6-9-13(15)10-7-11-16-2/h3-11H2,1-2H3. The van der Waals surface area contributed by atoms with Crippen molar-refractivity contribution in [2.75, 3.05) is 13.7 Å². The molecular weight excluding hydrogens is 204 g/mol. The summed E-state index contributed by atoms with van der Waals surface area (Å²) in [5.41, 5.74) is 0. The molecule has 0 N–H and O–H groups in total. The molecule has 0 aromatic heterocycles. The molecule has 0 amide bonds. The van der Waals surface area contributed by atoms with Crippen LogP contribution < -0.4 is 0 Å². The quantitative estimate of drug-likeness (QED) is 0.511. The van der Waals surface area contributed by atoms with E-state index < -0.39 is 0 Å². The molecule has 0 heterocycles. The molecule has 3 heteroatoms. The van der Waals surface area contributed by atoms with Crippen LogP contribution in [0.25, 0.3) is 0 Å². The summed E-state index contributed by atoms with van der Waals surface area (Å²) < 4.78 is 4.89. The number of ketones is 2. The van der Waals surface area contributed by atoms with Crippen LogP contribution in [-0.2, 0) is 14.3 Å². The van der Waals surface area contributed by atoms with E-state index in [1.165, 1.54) is 0 Å². The van der Waals surface area contributed by atoms with Crippen molar-refractivity contribution in [1.82, 2.24) is 0 Å². The molecule has 0 aliphatic rings. The minimum atomic E-state index is 0.260. The summed E-state index contributed by atoms with van der Waals surface area (Å²) in [7, 11) is 1.65. The highest BCUT2D eigenvalue weighted by molar-refractivity contribution is 5.78. The van der Waals surface area contributed by atoms with Gasteiger partial charge in [0.05, 0.1) is 0 Å². The fourth-order valence-electron chi connectivity index (χ4n) is 1.59. The summed E-state index contributed by atoms with van der Waals surface area (Å²) in [6, 6.07) is 0. The van der Waals surface area contributed by atoms with E-state index in [4.69, 9.17) is 4.74 Å². The third kappa shape index (κ3) is 11.4. The second-order valence-electron chi connectivity index (χ2n) is 4.25. The van der Waals surface area contributed by atoms with Crippen LogP contribution >= 0.6 is 0 Å². The number of ether oxygens (including phenoxy) is 1. The molecule has 0 aromatic carbocycles. The molecule has 0 rings (SSSR count). The zero-order valence-corrected chi connectivity index (χ0v) is 10.6. The molecule has 0 aliphatic heterocycles. The molecule has 0 saturated heterocycles. The van der Waals surface area contributed by atoms with Gasteiger partial charge in [-0.05, 0) is 26.2 Å². The highest BCUT2D eigenvalue weighted by atomic mass is 16.5. The lowest BCUT2D eigenvalue weighted by Gasteiger charge is -2.01. The van der Waals surface area contributed by atoms with E-state index in [1.807, 2.05) is 0 Å². The summed E-state index contributed by atoms with van der Waals surface area (Å²) >= 11 is 0. The van der Waals surface area contributed by atoms with Gasteiger partial charge in [0.1, 0.15) is 11.6 Å². The summed E-state index contributed by atoms with van der Waals surface area (Å²) in [6.07, 6.45) is 6.89. The largest absolute Gasteiger partial charge is 0.385 e. The van der Waals surface area contributed by atoms with Crippen LogP contribution in [0.15, 0.2) is 0 Å². The molecule has 0 saturated carbocycles. The van der Waals surface area contributed by atoms with Gasteiger partial charge in [-0.2, -0.15) is 0 Å². The third-order valence-electron chi connectivity index (χ3n) is 2.54. The van der Waals surface area contributed by atoms with Crippen molar-refractivity contribution in [3.8, 4) is 0 Å². The summed E-state index contributed by atoms with van der Waals surface area (Å²) in [4.78, 5) is 22.0. The zero-order chi connectivity index (χ0) is 12.2. The molecule has 0 aliphatic carbocycles. The van der Waals surface area contributed by atoms with Gasteiger partial charge in [-0.15, -0.1) is 0 Å². The Hall–Kier alpha value is -0.700. The van der Waals surface area contributed by atoms with E-state index in [0.717, 1.165) is 32.1 Å². The second kappa shape index (κ2) is 10.8. The predicted octanol–water partition coefficient (Wildman–Crippen LogP) is 2.91. The highest BCUT2D eigenvalue weighted by Crippen LogP contribution is 2.07. The Morgan fingerprint density at radius 3 is 2.00 bits per heavy atom. The van der Waals surface area contributed by atoms with Gasteiger partial charge < -0.3 is 9.53 Å². The predicted molar refractivity (Wildman–Crippen MR) is 64.5 cm³/mol. The Morgan fingerprint density at radius 1 is 0.875 bits per heavy atom. The van der Waals surface area contributed by atoms with Gasteiger partial charge in [-0.25, -0.2) is 0 Å². The average molecular weight is 228 g/mol. The number of methoxy groups -OCH3 is 1. The first-order valence-corrected chi connectivity index (χ1v) is 6.17. The maximum absolute atomic E-state index is 11.3. The van der Waals surface area contributed by atoms with Crippen LogP contribution in [0.3, 0.4) is 0 Å². The number of hydrogen-bond acceptors (Lipinski definition) is 3. The normalized spacial score (nSPS) is 10.4. The molecule has 94 valence electrons. The summed E-state index contributed by atoms with van der Waals surface area (Å²) in [5.74, 6) is 0.597. The number of Topliss-reactive ketones (excluding diaryl/α,β-unsaturated/α-hetero) is 2. The lowest BCUT2D eigenvalue weighted by atomic mass is 10.1. The van der Waals surface area contributed by atoms with Gasteiger partial charge in [0.25, 0.3) is 0 Å². The highest BCUT2D eigenvalue weighted by Gasteiger charge is 2.01. The van der Waals surface area contributed by atoms with Gasteiger partial charge in [0, 0.05) is 33.0 Å². The Balaban J connectivity index is 3.18. The fraction of sp³-hybridized carbons (Fsp3) is 0.846. The van der Waals surface area contributed by atoms with Gasteiger partial charge in [-0.3, -0.25) is 4.79 Å². The van der Waals surface area contributed by atoms with Gasteiger partial charge in [0.15, 0.2) is 0 Å². The van der Waals surface area contributed by atoms with E-state index in [9.17, 15) is 9.59 Å². The average Bonchev–Trinajstić information content (AvgIpc) is 2.23. The van der Waals surface area contributed by atoms with Crippen molar-refractivity contribution in [2.24, 2.45) is 0 Å². The number of carbonyl (C=O) groups is 2. The van der Waals surface area contributed by atoms with Crippen molar-refractivity contribution in [3.05, 3.63) is 0 Å². The smallest absolute Gasteiger partial charge is 0.132 e. The first-order valence-electron chi connectivity index (χ1n) is 6.17. The molecule has 0 fully saturated rings. The van der Waals surface area contributed by atoms with Crippen LogP contribution in [0.1, 0.15) is 58.3 Å². The lowest BCUT2D eigenvalue weighted by molar-refractivity contribution is -0.119. The van der Waals surface area contributed by atoms with Gasteiger partial charge >= 0.3 is 0 Å². The second-order valence-corrected chi connectivity index (χ2v) is 4.25. The first kappa shape index (κ1) is 15.3. The number of carbonyl (C=O) groups excluding carboxylic acids is 2. The Kier molecular flexibility index (Phi) is 10.3. The molecule has 0 unspecified atom stereocenters. The topological polar surface area (TPSA) is 43.4 Å². The first-order chi connectivity index (χ1) is 7.66. The molecule has 0 aromatic rings. The maximum Gasteiger partial charge on any atom is 0.132 e. The molecule has 0 bridgehead atoms. The van der Waals surface area contributed by atoms with Crippen LogP contribution in [0.2, 0.25) is 0 Å². The van der Waals surface area contributed by atoms with Crippen LogP contribution in [0.5, 0.6) is 0 Å². The third-order valence-corrected chi connectivity index (χ3v) is 2.54. The van der Waals surface area contributed by atoms with Crippen molar-refractivity contribution in [1.29, 1.82) is 0 Å². The minimum absolute atomic E-state index is 0.260. The number of rotatable bonds is 11. The van der Waals surface area contributed by atoms with E-state index in [-0.39, 0.29) is 5.78 Å². The molecule has 3 nitrogen and oxygen atoms in total. The summed E-state index contributed by atoms with van der Waals surface area (Å²) in [6.45, 7) is 2.30. The Labute approximate surface area is 98.6 Å². The molecular formula is C13H24O3. The van der Waals surface area contributed by atoms with Crippen LogP contribution in [0.4, 0.5) is 0 Å². The monoisotopic (exact) mass is 228 g/mol. The van der Waals surface area contributed by atoms with Crippen molar-refractivity contribution in [3.63, 3.8) is 0 Å². The van der Waals surface area contributed by atoms with Crippen LogP contribution in [-0.4, -0.2) is 25.3 Å². The molecule has 0 radical (unpaired) electrons. The van der Waals surface area contributed by atoms with Crippen molar-refractivity contribution in [2.45, 2.75) is 58.3 Å². The molecule has 0 spiro atoms. The SMILES string of the molecule is COCCCC(=O)CCCCCCC(C)=O. The zero-order valence-electron chi connectivity index (χ0n) is 10.6. The van der Waals surface area contributed by atoms with E-state index >= 15 is 0 Å². The Bertz CT molecular complexity index is 199. The van der Waals surface area contributed by atoms with Gasteiger partial charge in [-0.1, -0.05) is 12.8 Å². The van der Waals surface area contributed by atoms with Crippen molar-refractivity contribution < 1.29 is 14.3 Å². The van der Waals surface area contributed by atoms with E-state index in [0.29, 0.717) is 31.7 Å². The fourth-order valence-corrected chi connectivity index (χ4v) is 1.59. The van der Waals surface area contributed by atoms with Crippen molar-refractivity contribution >= 4 is 11.6 Å². The molecule has 16 heavy (non-hydrogen) atoms. The number of unbranched alkanes of at least 4 members (excludes halogenated alkanes) is 3. The minimum Gasteiger partial charge on any atom is -0.385 e. The van der Waals surface area contributed by atoms with E-state index in [1.54, 1.807) is 14.0 Å². The number of hydrogen-bond donors (Lipinski definition) is 0. The van der Waals surface area contributed by atoms with E-state index in [2.05, 4.69) is 0 Å². The van der Waals surface area contributed by atoms with Gasteiger partial charge in [0.2, 0.25) is 0 Å². The maximum atomic E-state index is 11.3. The lowest BCUT2D eigenvalue weighted by Crippen LogP contribution is -2.00. The Morgan fingerprint density at radius 2 is 1.44 bits per heavy atom.